The third-order valence-electron chi connectivity index (χ3n) is 4.04. The number of benzene rings is 2. The van der Waals surface area contributed by atoms with Crippen molar-refractivity contribution in [3.63, 3.8) is 0 Å². The van der Waals surface area contributed by atoms with Crippen LogP contribution in [-0.4, -0.2) is 35.7 Å². The van der Waals surface area contributed by atoms with Crippen LogP contribution in [0.4, 0.5) is 11.4 Å². The van der Waals surface area contributed by atoms with Crippen molar-refractivity contribution in [3.05, 3.63) is 59.1 Å². The van der Waals surface area contributed by atoms with Crippen molar-refractivity contribution in [2.75, 3.05) is 11.5 Å². The molecule has 0 aliphatic carbocycles. The second-order valence-electron chi connectivity index (χ2n) is 5.97. The maximum atomic E-state index is 12.9. The van der Waals surface area contributed by atoms with Crippen molar-refractivity contribution in [1.82, 2.24) is 5.32 Å². The summed E-state index contributed by atoms with van der Waals surface area (Å²) in [6.45, 7) is 2.01. The Hall–Kier alpha value is -3.10. The van der Waals surface area contributed by atoms with E-state index in [0.717, 1.165) is 0 Å². The van der Waals surface area contributed by atoms with Crippen LogP contribution in [0.1, 0.15) is 17.3 Å². The van der Waals surface area contributed by atoms with E-state index in [0.29, 0.717) is 22.0 Å². The number of carbonyl (C=O) groups excluding carboxylic acids is 3. The zero-order valence-electron chi connectivity index (χ0n) is 15.3. The van der Waals surface area contributed by atoms with Gasteiger partial charge in [-0.25, -0.2) is 4.79 Å². The van der Waals surface area contributed by atoms with Crippen LogP contribution in [0.25, 0.3) is 0 Å². The Kier molecular flexibility index (Phi) is 6.36. The number of anilines is 1. The second kappa shape index (κ2) is 8.93. The maximum absolute atomic E-state index is 12.9. The van der Waals surface area contributed by atoms with Crippen molar-refractivity contribution >= 4 is 64.3 Å². The van der Waals surface area contributed by atoms with Gasteiger partial charge in [0.1, 0.15) is 0 Å². The van der Waals surface area contributed by atoms with Crippen LogP contribution in [0, 0.1) is 5.92 Å². The van der Waals surface area contributed by atoms with Crippen LogP contribution in [0.15, 0.2) is 53.5 Å². The fourth-order valence-electron chi connectivity index (χ4n) is 2.62. The number of thiocarbonyl (C=S) groups is 1. The molecule has 148 valence electrons. The summed E-state index contributed by atoms with van der Waals surface area (Å²) < 4.78 is 4.92. The highest BCUT2D eigenvalue weighted by Crippen LogP contribution is 2.23. The molecule has 1 aliphatic heterocycles. The van der Waals surface area contributed by atoms with Gasteiger partial charge in [-0.15, -0.1) is 0 Å². The van der Waals surface area contributed by atoms with Gasteiger partial charge >= 0.3 is 5.97 Å². The Morgan fingerprint density at radius 3 is 2.48 bits per heavy atom. The fourth-order valence-corrected chi connectivity index (χ4v) is 3.04. The minimum Gasteiger partial charge on any atom is -0.462 e. The van der Waals surface area contributed by atoms with Crippen molar-refractivity contribution in [3.8, 4) is 0 Å². The topological polar surface area (TPSA) is 88.1 Å². The molecule has 1 heterocycles. The van der Waals surface area contributed by atoms with E-state index >= 15 is 0 Å². The predicted octanol–water partition coefficient (Wildman–Crippen LogP) is 3.28. The quantitative estimate of drug-likeness (QED) is 0.341. The number of ether oxygens (including phenoxy) is 1. The summed E-state index contributed by atoms with van der Waals surface area (Å²) in [6.07, 6.45) is 1.25. The number of amides is 2. The number of hydrogen-bond acceptors (Lipinski definition) is 6. The molecule has 2 aromatic rings. The van der Waals surface area contributed by atoms with Gasteiger partial charge in [0.2, 0.25) is 5.91 Å². The number of nitrogens with zero attached hydrogens (tertiary/aromatic N) is 2. The summed E-state index contributed by atoms with van der Waals surface area (Å²) in [5, 5.41) is 3.01. The molecule has 9 heteroatoms. The van der Waals surface area contributed by atoms with Crippen LogP contribution < -0.4 is 10.2 Å². The first-order chi connectivity index (χ1) is 13.9. The summed E-state index contributed by atoms with van der Waals surface area (Å²) in [5.41, 5.74) is 1.35. The molecule has 3 rings (SSSR count). The maximum Gasteiger partial charge on any atom is 0.338 e. The number of halogens is 1. The molecule has 1 aliphatic rings. The van der Waals surface area contributed by atoms with Gasteiger partial charge in [0.05, 0.1) is 23.5 Å². The standard InChI is InChI=1S/C20H16ClN3O4S/c1-2-28-19(27)12-3-7-14(8-4-12)22-11-16-17(25)23-20(29)24(18(16)26)15-9-5-13(21)6-10-15/h3-11,16H,2H2,1H3,(H,23,25,29)/t16-/m0/s1. The summed E-state index contributed by atoms with van der Waals surface area (Å²) in [6, 6.07) is 12.8. The van der Waals surface area contributed by atoms with E-state index < -0.39 is 23.7 Å². The molecule has 1 atom stereocenters. The minimum absolute atomic E-state index is 0.00855. The van der Waals surface area contributed by atoms with Crippen molar-refractivity contribution in [1.29, 1.82) is 0 Å². The Labute approximate surface area is 177 Å². The van der Waals surface area contributed by atoms with Gasteiger partial charge in [0.25, 0.3) is 5.91 Å². The Bertz CT molecular complexity index is 990. The van der Waals surface area contributed by atoms with Gasteiger partial charge in [0.15, 0.2) is 11.0 Å². The number of carbonyl (C=O) groups is 3. The monoisotopic (exact) mass is 429 g/mol. The van der Waals surface area contributed by atoms with Crippen molar-refractivity contribution < 1.29 is 19.1 Å². The smallest absolute Gasteiger partial charge is 0.338 e. The zero-order valence-corrected chi connectivity index (χ0v) is 16.9. The van der Waals surface area contributed by atoms with E-state index in [2.05, 4.69) is 10.3 Å². The molecule has 7 nitrogen and oxygen atoms in total. The molecule has 1 fully saturated rings. The lowest BCUT2D eigenvalue weighted by Crippen LogP contribution is -2.58. The molecule has 2 amide bonds. The summed E-state index contributed by atoms with van der Waals surface area (Å²) in [4.78, 5) is 42.2. The highest BCUT2D eigenvalue weighted by atomic mass is 35.5. The minimum atomic E-state index is -1.15. The third-order valence-corrected chi connectivity index (χ3v) is 4.57. The van der Waals surface area contributed by atoms with Crippen LogP contribution in [0.5, 0.6) is 0 Å². The van der Waals surface area contributed by atoms with E-state index in [1.165, 1.54) is 11.1 Å². The van der Waals surface area contributed by atoms with Gasteiger partial charge in [-0.1, -0.05) is 11.6 Å². The van der Waals surface area contributed by atoms with Crippen LogP contribution in [0.2, 0.25) is 5.02 Å². The molecule has 1 N–H and O–H groups in total. The molecular formula is C20H16ClN3O4S. The second-order valence-corrected chi connectivity index (χ2v) is 6.79. The first-order valence-electron chi connectivity index (χ1n) is 8.66. The van der Waals surface area contributed by atoms with Crippen molar-refractivity contribution in [2.45, 2.75) is 6.92 Å². The lowest BCUT2D eigenvalue weighted by molar-refractivity contribution is -0.130. The number of nitrogens with one attached hydrogen (secondary N) is 1. The molecule has 0 spiro atoms. The predicted molar refractivity (Wildman–Crippen MR) is 114 cm³/mol. The third kappa shape index (κ3) is 4.67. The molecule has 0 unspecified atom stereocenters. The lowest BCUT2D eigenvalue weighted by Gasteiger charge is -2.30. The van der Waals surface area contributed by atoms with E-state index in [1.54, 1.807) is 55.5 Å². The summed E-state index contributed by atoms with van der Waals surface area (Å²) in [5.74, 6) is -2.66. The van der Waals surface area contributed by atoms with Crippen LogP contribution in [-0.2, 0) is 14.3 Å². The average molecular weight is 430 g/mol. The number of hydrogen-bond donors (Lipinski definition) is 1. The Morgan fingerprint density at radius 1 is 1.21 bits per heavy atom. The fraction of sp³-hybridized carbons (Fsp3) is 0.150. The normalized spacial score (nSPS) is 16.8. The van der Waals surface area contributed by atoms with E-state index in [1.807, 2.05) is 0 Å². The number of aliphatic imine (C=N–C) groups is 1. The molecule has 0 saturated carbocycles. The first-order valence-corrected chi connectivity index (χ1v) is 9.45. The molecule has 0 radical (unpaired) electrons. The van der Waals surface area contributed by atoms with Crippen molar-refractivity contribution in [2.24, 2.45) is 10.9 Å². The number of esters is 1. The van der Waals surface area contributed by atoms with E-state index in [4.69, 9.17) is 28.6 Å². The van der Waals surface area contributed by atoms with E-state index in [-0.39, 0.29) is 11.7 Å². The van der Waals surface area contributed by atoms with Crippen LogP contribution in [0.3, 0.4) is 0 Å². The lowest BCUT2D eigenvalue weighted by atomic mass is 10.1. The number of rotatable bonds is 5. The summed E-state index contributed by atoms with van der Waals surface area (Å²) >= 11 is 11.0. The average Bonchev–Trinajstić information content (AvgIpc) is 2.69. The Morgan fingerprint density at radius 2 is 1.86 bits per heavy atom. The molecule has 29 heavy (non-hydrogen) atoms. The van der Waals surface area contributed by atoms with Gasteiger partial charge in [0, 0.05) is 11.2 Å². The first kappa shape index (κ1) is 20.6. The highest BCUT2D eigenvalue weighted by molar-refractivity contribution is 7.80. The Balaban J connectivity index is 1.79. The highest BCUT2D eigenvalue weighted by Gasteiger charge is 2.38. The van der Waals surface area contributed by atoms with Crippen LogP contribution >= 0.6 is 23.8 Å². The molecule has 0 aromatic heterocycles. The molecule has 2 aromatic carbocycles. The molecular weight excluding hydrogens is 414 g/mol. The van der Waals surface area contributed by atoms with Gasteiger partial charge in [-0.05, 0) is 67.7 Å². The van der Waals surface area contributed by atoms with Gasteiger partial charge in [-0.2, -0.15) is 0 Å². The van der Waals surface area contributed by atoms with Gasteiger partial charge in [-0.3, -0.25) is 19.5 Å². The van der Waals surface area contributed by atoms with Gasteiger partial charge < -0.3 is 10.1 Å². The van der Waals surface area contributed by atoms with E-state index in [9.17, 15) is 14.4 Å². The summed E-state index contributed by atoms with van der Waals surface area (Å²) in [7, 11) is 0. The molecule has 0 bridgehead atoms. The molecule has 1 saturated heterocycles. The largest absolute Gasteiger partial charge is 0.462 e. The SMILES string of the molecule is CCOC(=O)c1ccc(N=C[C@H]2C(=O)NC(=S)N(c3ccc(Cl)cc3)C2=O)cc1. The zero-order chi connectivity index (χ0) is 21.0.